The zero-order valence-corrected chi connectivity index (χ0v) is 15.0. The Labute approximate surface area is 140 Å². The third-order valence-corrected chi connectivity index (χ3v) is 4.52. The smallest absolute Gasteiger partial charge is 0.0704 e. The Bertz CT molecular complexity index is 726. The number of hydrogen-bond acceptors (Lipinski definition) is 1. The van der Waals surface area contributed by atoms with Crippen LogP contribution in [0.1, 0.15) is 44.0 Å². The molecule has 0 N–H and O–H groups in total. The average Bonchev–Trinajstić information content (AvgIpc) is 2.50. The summed E-state index contributed by atoms with van der Waals surface area (Å²) in [5, 5.41) is 0. The predicted octanol–water partition coefficient (Wildman–Crippen LogP) is 6.13. The van der Waals surface area contributed by atoms with E-state index in [1.54, 1.807) is 0 Å². The third-order valence-electron chi connectivity index (χ3n) is 4.52. The van der Waals surface area contributed by atoms with Gasteiger partial charge in [-0.1, -0.05) is 43.4 Å². The van der Waals surface area contributed by atoms with Crippen LogP contribution < -0.4 is 0 Å². The van der Waals surface area contributed by atoms with E-state index in [0.717, 1.165) is 17.7 Å². The fraction of sp³-hybridized carbons (Fsp3) is 0.318. The summed E-state index contributed by atoms with van der Waals surface area (Å²) in [5.74, 6) is 0.494. The molecule has 0 bridgehead atoms. The van der Waals surface area contributed by atoms with Gasteiger partial charge in [-0.15, -0.1) is 0 Å². The van der Waals surface area contributed by atoms with Crippen molar-refractivity contribution in [3.8, 4) is 0 Å². The van der Waals surface area contributed by atoms with Gasteiger partial charge in [0.2, 0.25) is 0 Å². The number of aryl methyl sites for hydroxylation is 2. The van der Waals surface area contributed by atoms with Crippen molar-refractivity contribution in [3.05, 3.63) is 82.8 Å². The first-order chi connectivity index (χ1) is 10.9. The normalized spacial score (nSPS) is 18.8. The second-order valence-electron chi connectivity index (χ2n) is 6.46. The zero-order chi connectivity index (χ0) is 17.0. The number of allylic oxidation sites excluding steroid dienone is 9. The molecule has 0 saturated heterocycles. The van der Waals surface area contributed by atoms with Gasteiger partial charge in [-0.05, 0) is 80.0 Å². The minimum Gasteiger partial charge on any atom is -0.256 e. The summed E-state index contributed by atoms with van der Waals surface area (Å²) in [6, 6.07) is 2.19. The molecule has 1 aromatic heterocycles. The van der Waals surface area contributed by atoms with E-state index in [2.05, 4.69) is 63.6 Å². The van der Waals surface area contributed by atoms with Gasteiger partial charge in [0.05, 0.1) is 5.69 Å². The molecular weight excluding hydrogens is 278 g/mol. The van der Waals surface area contributed by atoms with Crippen molar-refractivity contribution in [2.45, 2.75) is 41.0 Å². The highest BCUT2D eigenvalue weighted by molar-refractivity contribution is 5.78. The Morgan fingerprint density at radius 1 is 1.22 bits per heavy atom. The molecule has 0 radical (unpaired) electrons. The lowest BCUT2D eigenvalue weighted by Gasteiger charge is -2.24. The molecule has 1 unspecified atom stereocenters. The van der Waals surface area contributed by atoms with E-state index in [9.17, 15) is 0 Å². The molecule has 1 aromatic rings. The number of aromatic nitrogens is 1. The lowest BCUT2D eigenvalue weighted by molar-refractivity contribution is 0.675. The van der Waals surface area contributed by atoms with Crippen LogP contribution in [-0.4, -0.2) is 4.98 Å². The maximum atomic E-state index is 4.65. The summed E-state index contributed by atoms with van der Waals surface area (Å²) >= 11 is 0. The maximum Gasteiger partial charge on any atom is 0.0704 e. The number of hydrogen-bond donors (Lipinski definition) is 0. The van der Waals surface area contributed by atoms with Crippen molar-refractivity contribution in [2.24, 2.45) is 5.92 Å². The number of pyridine rings is 1. The quantitative estimate of drug-likeness (QED) is 0.610. The fourth-order valence-electron chi connectivity index (χ4n) is 2.95. The molecule has 0 spiro atoms. The summed E-state index contributed by atoms with van der Waals surface area (Å²) in [6.07, 6.45) is 13.5. The van der Waals surface area contributed by atoms with Gasteiger partial charge in [0.15, 0.2) is 0 Å². The van der Waals surface area contributed by atoms with Crippen molar-refractivity contribution in [1.82, 2.24) is 4.98 Å². The summed E-state index contributed by atoms with van der Waals surface area (Å²) < 4.78 is 0. The van der Waals surface area contributed by atoms with Crippen LogP contribution in [0.4, 0.5) is 0 Å². The first-order valence-electron chi connectivity index (χ1n) is 8.27. The van der Waals surface area contributed by atoms with Gasteiger partial charge in [0.25, 0.3) is 0 Å². The number of nitrogens with zero attached hydrogens (tertiary/aromatic N) is 1. The van der Waals surface area contributed by atoms with Gasteiger partial charge in [-0.25, -0.2) is 0 Å². The second-order valence-corrected chi connectivity index (χ2v) is 6.46. The maximum absolute atomic E-state index is 4.65. The second kappa shape index (κ2) is 7.41. The highest BCUT2D eigenvalue weighted by atomic mass is 14.7. The van der Waals surface area contributed by atoms with Crippen LogP contribution in [0.15, 0.2) is 65.9 Å². The van der Waals surface area contributed by atoms with Crippen molar-refractivity contribution in [1.29, 1.82) is 0 Å². The van der Waals surface area contributed by atoms with Gasteiger partial charge in [0, 0.05) is 6.20 Å². The molecule has 0 aliphatic heterocycles. The zero-order valence-electron chi connectivity index (χ0n) is 15.0. The first-order valence-corrected chi connectivity index (χ1v) is 8.27. The fourth-order valence-corrected chi connectivity index (χ4v) is 2.95. The molecule has 1 nitrogen and oxygen atoms in total. The van der Waals surface area contributed by atoms with Crippen molar-refractivity contribution in [3.63, 3.8) is 0 Å². The lowest BCUT2D eigenvalue weighted by atomic mass is 9.81. The Hall–Kier alpha value is -2.15. The molecule has 1 atom stereocenters. The minimum absolute atomic E-state index is 0.494. The van der Waals surface area contributed by atoms with Crippen LogP contribution in [0.3, 0.4) is 0 Å². The van der Waals surface area contributed by atoms with Crippen molar-refractivity contribution in [2.75, 3.05) is 0 Å². The summed E-state index contributed by atoms with van der Waals surface area (Å²) in [6.45, 7) is 15.0. The Kier molecular flexibility index (Phi) is 5.54. The molecule has 23 heavy (non-hydrogen) atoms. The molecule has 0 saturated carbocycles. The summed E-state index contributed by atoms with van der Waals surface area (Å²) in [4.78, 5) is 4.65. The topological polar surface area (TPSA) is 12.9 Å². The van der Waals surface area contributed by atoms with Crippen LogP contribution in [0.25, 0.3) is 5.57 Å². The molecule has 1 aliphatic rings. The van der Waals surface area contributed by atoms with E-state index in [-0.39, 0.29) is 0 Å². The Morgan fingerprint density at radius 2 is 1.96 bits per heavy atom. The minimum atomic E-state index is 0.494. The summed E-state index contributed by atoms with van der Waals surface area (Å²) in [7, 11) is 0. The van der Waals surface area contributed by atoms with Gasteiger partial charge in [-0.2, -0.15) is 0 Å². The lowest BCUT2D eigenvalue weighted by Crippen LogP contribution is -2.09. The highest BCUT2D eigenvalue weighted by Gasteiger charge is 2.20. The van der Waals surface area contributed by atoms with Gasteiger partial charge in [0.1, 0.15) is 0 Å². The molecule has 2 rings (SSSR count). The van der Waals surface area contributed by atoms with Gasteiger partial charge >= 0.3 is 0 Å². The summed E-state index contributed by atoms with van der Waals surface area (Å²) in [5.41, 5.74) is 8.65. The van der Waals surface area contributed by atoms with E-state index in [4.69, 9.17) is 0 Å². The highest BCUT2D eigenvalue weighted by Crippen LogP contribution is 2.36. The van der Waals surface area contributed by atoms with Crippen LogP contribution in [0, 0.1) is 19.8 Å². The average molecular weight is 305 g/mol. The van der Waals surface area contributed by atoms with Crippen molar-refractivity contribution < 1.29 is 0 Å². The van der Waals surface area contributed by atoms with E-state index in [1.165, 1.54) is 27.8 Å². The van der Waals surface area contributed by atoms with Crippen LogP contribution in [-0.2, 0) is 0 Å². The van der Waals surface area contributed by atoms with Crippen LogP contribution in [0.2, 0.25) is 0 Å². The van der Waals surface area contributed by atoms with Crippen LogP contribution >= 0.6 is 0 Å². The third kappa shape index (κ3) is 3.98. The van der Waals surface area contributed by atoms with E-state index >= 15 is 0 Å². The largest absolute Gasteiger partial charge is 0.256 e. The monoisotopic (exact) mass is 305 g/mol. The first kappa shape index (κ1) is 17.2. The Balaban J connectivity index is 2.41. The molecular formula is C22H27N. The SMILES string of the molecule is C=C(/C=C\C=C/C)C1=CC(c2cc(C)c(C)cn2)=C(C)CC1C. The number of rotatable bonds is 4. The predicted molar refractivity (Wildman–Crippen MR) is 101 cm³/mol. The van der Waals surface area contributed by atoms with Crippen molar-refractivity contribution >= 4 is 5.57 Å². The molecule has 120 valence electrons. The molecule has 0 fully saturated rings. The van der Waals surface area contributed by atoms with Gasteiger partial charge < -0.3 is 0 Å². The molecule has 1 aliphatic carbocycles. The van der Waals surface area contributed by atoms with Crippen LogP contribution in [0.5, 0.6) is 0 Å². The molecule has 0 amide bonds. The standard InChI is InChI=1S/C22H27N/c1-7-8-9-10-15(2)20-13-21(18(5)11-17(20)4)22-12-16(3)19(6)14-23-22/h7-10,12-14,17H,2,11H2,1,3-6H3/b8-7-,10-9-. The van der Waals surface area contributed by atoms with E-state index in [0.29, 0.717) is 5.92 Å². The van der Waals surface area contributed by atoms with Gasteiger partial charge in [-0.3, -0.25) is 4.98 Å². The molecule has 1 heteroatoms. The Morgan fingerprint density at radius 3 is 2.61 bits per heavy atom. The molecule has 1 heterocycles. The van der Waals surface area contributed by atoms with E-state index in [1.807, 2.05) is 25.3 Å². The molecule has 0 aromatic carbocycles. The van der Waals surface area contributed by atoms with E-state index < -0.39 is 0 Å².